The lowest BCUT2D eigenvalue weighted by atomic mass is 9.96. The third-order valence-electron chi connectivity index (χ3n) is 4.92. The molecule has 130 valence electrons. The van der Waals surface area contributed by atoms with Crippen molar-refractivity contribution in [3.8, 4) is 0 Å². The Morgan fingerprint density at radius 1 is 1.12 bits per heavy atom. The van der Waals surface area contributed by atoms with Crippen LogP contribution in [-0.4, -0.2) is 29.4 Å². The number of benzene rings is 1. The minimum absolute atomic E-state index is 0.131. The molecule has 1 aromatic carbocycles. The van der Waals surface area contributed by atoms with Crippen LogP contribution in [0.5, 0.6) is 0 Å². The molecule has 3 rings (SSSR count). The predicted octanol–water partition coefficient (Wildman–Crippen LogP) is 3.65. The summed E-state index contributed by atoms with van der Waals surface area (Å²) in [5.74, 6) is 0.231. The van der Waals surface area contributed by atoms with E-state index in [4.69, 9.17) is 0 Å². The van der Waals surface area contributed by atoms with Crippen LogP contribution in [0.25, 0.3) is 0 Å². The molecule has 1 heterocycles. The lowest BCUT2D eigenvalue weighted by Gasteiger charge is -2.27. The number of carbonyl (C=O) groups excluding carboxylic acids is 2. The van der Waals surface area contributed by atoms with E-state index in [0.717, 1.165) is 43.5 Å². The van der Waals surface area contributed by atoms with Crippen molar-refractivity contribution in [2.45, 2.75) is 64.0 Å². The maximum Gasteiger partial charge on any atom is 0.319 e. The predicted molar refractivity (Wildman–Crippen MR) is 94.7 cm³/mol. The summed E-state index contributed by atoms with van der Waals surface area (Å²) in [7, 11) is 0. The van der Waals surface area contributed by atoms with Gasteiger partial charge < -0.3 is 15.5 Å². The highest BCUT2D eigenvalue weighted by Crippen LogP contribution is 2.19. The van der Waals surface area contributed by atoms with Gasteiger partial charge in [0.2, 0.25) is 5.91 Å². The number of nitrogens with zero attached hydrogens (tertiary/aromatic N) is 1. The van der Waals surface area contributed by atoms with E-state index in [0.29, 0.717) is 19.0 Å². The first-order valence-corrected chi connectivity index (χ1v) is 9.15. The first-order chi connectivity index (χ1) is 11.7. The van der Waals surface area contributed by atoms with Gasteiger partial charge in [-0.3, -0.25) is 4.79 Å². The van der Waals surface area contributed by atoms with E-state index in [1.54, 1.807) is 0 Å². The topological polar surface area (TPSA) is 61.4 Å². The molecule has 1 saturated carbocycles. The second-order valence-electron chi connectivity index (χ2n) is 6.91. The fourth-order valence-electron chi connectivity index (χ4n) is 3.60. The van der Waals surface area contributed by atoms with Gasteiger partial charge >= 0.3 is 6.03 Å². The second-order valence-corrected chi connectivity index (χ2v) is 6.91. The molecule has 1 saturated heterocycles. The van der Waals surface area contributed by atoms with Crippen LogP contribution in [0.4, 0.5) is 10.5 Å². The number of hydrogen-bond acceptors (Lipinski definition) is 2. The number of urea groups is 1. The quantitative estimate of drug-likeness (QED) is 0.885. The average molecular weight is 329 g/mol. The van der Waals surface area contributed by atoms with Gasteiger partial charge in [0, 0.05) is 31.2 Å². The summed E-state index contributed by atoms with van der Waals surface area (Å²) < 4.78 is 0. The van der Waals surface area contributed by atoms with E-state index in [-0.39, 0.29) is 11.9 Å². The fraction of sp³-hybridized carbons (Fsp3) is 0.579. The first-order valence-electron chi connectivity index (χ1n) is 9.15. The molecule has 1 aliphatic heterocycles. The van der Waals surface area contributed by atoms with Crippen LogP contribution in [0.1, 0.15) is 56.9 Å². The van der Waals surface area contributed by atoms with Crippen LogP contribution in [0.3, 0.4) is 0 Å². The summed E-state index contributed by atoms with van der Waals surface area (Å²) in [6, 6.07) is 7.96. The molecule has 0 spiro atoms. The Morgan fingerprint density at radius 2 is 1.96 bits per heavy atom. The van der Waals surface area contributed by atoms with E-state index < -0.39 is 0 Å². The van der Waals surface area contributed by atoms with Crippen LogP contribution in [0, 0.1) is 0 Å². The zero-order valence-electron chi connectivity index (χ0n) is 14.2. The molecule has 2 N–H and O–H groups in total. The van der Waals surface area contributed by atoms with Crippen molar-refractivity contribution >= 4 is 17.6 Å². The van der Waals surface area contributed by atoms with Crippen LogP contribution in [0.15, 0.2) is 24.3 Å². The Bertz CT molecular complexity index is 582. The molecule has 0 unspecified atom stereocenters. The molecule has 2 fully saturated rings. The van der Waals surface area contributed by atoms with Gasteiger partial charge in [0.25, 0.3) is 0 Å². The minimum Gasteiger partial charge on any atom is -0.338 e. The Hall–Kier alpha value is -2.04. The van der Waals surface area contributed by atoms with Gasteiger partial charge in [-0.2, -0.15) is 0 Å². The van der Waals surface area contributed by atoms with Crippen molar-refractivity contribution in [1.82, 2.24) is 10.2 Å². The van der Waals surface area contributed by atoms with Crippen molar-refractivity contribution in [2.75, 3.05) is 11.9 Å². The van der Waals surface area contributed by atoms with Crippen LogP contribution < -0.4 is 10.6 Å². The molecule has 5 heteroatoms. The van der Waals surface area contributed by atoms with Gasteiger partial charge in [-0.05, 0) is 43.4 Å². The Balaban J connectivity index is 1.54. The summed E-state index contributed by atoms with van der Waals surface area (Å²) in [5.41, 5.74) is 1.84. The molecule has 0 bridgehead atoms. The molecular weight excluding hydrogens is 302 g/mol. The Labute approximate surface area is 143 Å². The van der Waals surface area contributed by atoms with Crippen LogP contribution >= 0.6 is 0 Å². The largest absolute Gasteiger partial charge is 0.338 e. The lowest BCUT2D eigenvalue weighted by molar-refractivity contribution is -0.133. The number of anilines is 1. The molecule has 2 aliphatic rings. The number of amides is 3. The van der Waals surface area contributed by atoms with Gasteiger partial charge in [0.15, 0.2) is 0 Å². The normalized spacial score (nSPS) is 19.2. The summed E-state index contributed by atoms with van der Waals surface area (Å²) in [4.78, 5) is 26.0. The maximum absolute atomic E-state index is 12.1. The molecule has 3 amide bonds. The number of likely N-dealkylation sites (tertiary alicyclic amines) is 1. The lowest BCUT2D eigenvalue weighted by Crippen LogP contribution is -2.39. The van der Waals surface area contributed by atoms with Gasteiger partial charge in [-0.25, -0.2) is 4.79 Å². The van der Waals surface area contributed by atoms with Crippen molar-refractivity contribution in [3.63, 3.8) is 0 Å². The fourth-order valence-corrected chi connectivity index (χ4v) is 3.60. The standard InChI is InChI=1S/C19H27N3O2/c23-18-11-4-5-12-22(18)14-15-7-6-10-17(13-15)21-19(24)20-16-8-2-1-3-9-16/h6-7,10,13,16H,1-5,8-9,11-12,14H2,(H2,20,21,24). The van der Waals surface area contributed by atoms with Crippen LogP contribution in [-0.2, 0) is 11.3 Å². The van der Waals surface area contributed by atoms with Gasteiger partial charge in [0.05, 0.1) is 0 Å². The maximum atomic E-state index is 12.1. The molecular formula is C19H27N3O2. The van der Waals surface area contributed by atoms with E-state index in [1.807, 2.05) is 29.2 Å². The molecule has 5 nitrogen and oxygen atoms in total. The molecule has 1 aliphatic carbocycles. The monoisotopic (exact) mass is 329 g/mol. The number of piperidine rings is 1. The Morgan fingerprint density at radius 3 is 2.75 bits per heavy atom. The van der Waals surface area contributed by atoms with Crippen molar-refractivity contribution in [3.05, 3.63) is 29.8 Å². The van der Waals surface area contributed by atoms with Gasteiger partial charge in [0.1, 0.15) is 0 Å². The third kappa shape index (κ3) is 4.73. The smallest absolute Gasteiger partial charge is 0.319 e. The van der Waals surface area contributed by atoms with Crippen molar-refractivity contribution in [1.29, 1.82) is 0 Å². The van der Waals surface area contributed by atoms with Gasteiger partial charge in [-0.15, -0.1) is 0 Å². The SMILES string of the molecule is O=C(Nc1cccc(CN2CCCCC2=O)c1)NC1CCCCC1. The summed E-state index contributed by atoms with van der Waals surface area (Å²) in [6.07, 6.45) is 8.55. The summed E-state index contributed by atoms with van der Waals surface area (Å²) in [6.45, 7) is 1.46. The van der Waals surface area contributed by atoms with Crippen molar-refractivity contribution in [2.24, 2.45) is 0 Å². The van der Waals surface area contributed by atoms with Gasteiger partial charge in [-0.1, -0.05) is 31.4 Å². The van der Waals surface area contributed by atoms with E-state index in [2.05, 4.69) is 10.6 Å². The molecule has 0 aromatic heterocycles. The molecule has 1 aromatic rings. The first kappa shape index (κ1) is 16.8. The third-order valence-corrected chi connectivity index (χ3v) is 4.92. The number of rotatable bonds is 4. The van der Waals surface area contributed by atoms with Crippen molar-refractivity contribution < 1.29 is 9.59 Å². The number of hydrogen-bond donors (Lipinski definition) is 2. The second kappa shape index (κ2) is 8.18. The zero-order chi connectivity index (χ0) is 16.8. The zero-order valence-corrected chi connectivity index (χ0v) is 14.2. The number of carbonyl (C=O) groups is 2. The highest BCUT2D eigenvalue weighted by atomic mass is 16.2. The summed E-state index contributed by atoms with van der Waals surface area (Å²) >= 11 is 0. The van der Waals surface area contributed by atoms with E-state index >= 15 is 0 Å². The highest BCUT2D eigenvalue weighted by molar-refractivity contribution is 5.89. The molecule has 0 atom stereocenters. The number of nitrogens with one attached hydrogen (secondary N) is 2. The molecule has 0 radical (unpaired) electrons. The van der Waals surface area contributed by atoms with E-state index in [1.165, 1.54) is 19.3 Å². The minimum atomic E-state index is -0.131. The Kier molecular flexibility index (Phi) is 5.72. The van der Waals surface area contributed by atoms with E-state index in [9.17, 15) is 9.59 Å². The summed E-state index contributed by atoms with van der Waals surface area (Å²) in [5, 5.41) is 5.99. The molecule has 24 heavy (non-hydrogen) atoms. The highest BCUT2D eigenvalue weighted by Gasteiger charge is 2.18. The average Bonchev–Trinajstić information content (AvgIpc) is 2.58. The van der Waals surface area contributed by atoms with Crippen LogP contribution in [0.2, 0.25) is 0 Å².